The van der Waals surface area contributed by atoms with Gasteiger partial charge in [-0.15, -0.1) is 0 Å². The average Bonchev–Trinajstić information content (AvgIpc) is 2.79. The van der Waals surface area contributed by atoms with Crippen LogP contribution < -0.4 is 4.90 Å². The van der Waals surface area contributed by atoms with Crippen LogP contribution in [0, 0.1) is 5.92 Å². The van der Waals surface area contributed by atoms with E-state index < -0.39 is 0 Å². The van der Waals surface area contributed by atoms with E-state index in [0.717, 1.165) is 51.9 Å². The molecule has 1 saturated heterocycles. The molecular formula is C24H42N2O. The van der Waals surface area contributed by atoms with E-state index >= 15 is 0 Å². The zero-order valence-corrected chi connectivity index (χ0v) is 18.6. The van der Waals surface area contributed by atoms with Crippen LogP contribution in [0.25, 0.3) is 0 Å². The van der Waals surface area contributed by atoms with Crippen molar-refractivity contribution in [1.29, 1.82) is 0 Å². The highest BCUT2D eigenvalue weighted by Gasteiger charge is 2.29. The first kappa shape index (κ1) is 25.2. The maximum Gasteiger partial charge on any atom is 0.225 e. The number of rotatable bonds is 2. The summed E-state index contributed by atoms with van der Waals surface area (Å²) in [6.45, 7) is 19.6. The number of allylic oxidation sites excluding steroid dienone is 1. The van der Waals surface area contributed by atoms with Crippen molar-refractivity contribution >= 4 is 11.6 Å². The van der Waals surface area contributed by atoms with Crippen LogP contribution in [-0.2, 0) is 4.79 Å². The van der Waals surface area contributed by atoms with Gasteiger partial charge in [-0.25, -0.2) is 0 Å². The first-order valence-electron chi connectivity index (χ1n) is 11.0. The van der Waals surface area contributed by atoms with E-state index in [1.807, 2.05) is 47.6 Å². The lowest BCUT2D eigenvalue weighted by atomic mass is 9.85. The molecule has 154 valence electrons. The summed E-state index contributed by atoms with van der Waals surface area (Å²) in [4.78, 5) is 17.0. The maximum atomic E-state index is 12.6. The van der Waals surface area contributed by atoms with Crippen LogP contribution in [0.1, 0.15) is 67.2 Å². The second-order valence-electron chi connectivity index (χ2n) is 6.17. The van der Waals surface area contributed by atoms with Gasteiger partial charge in [0.2, 0.25) is 5.91 Å². The Kier molecular flexibility index (Phi) is 14.3. The molecule has 2 fully saturated rings. The Labute approximate surface area is 168 Å². The van der Waals surface area contributed by atoms with E-state index in [-0.39, 0.29) is 5.92 Å². The van der Waals surface area contributed by atoms with Crippen molar-refractivity contribution in [2.75, 3.05) is 31.1 Å². The average molecular weight is 375 g/mol. The van der Waals surface area contributed by atoms with Crippen LogP contribution >= 0.6 is 0 Å². The van der Waals surface area contributed by atoms with Crippen LogP contribution in [0.2, 0.25) is 0 Å². The number of hydrogen-bond donors (Lipinski definition) is 0. The van der Waals surface area contributed by atoms with E-state index in [2.05, 4.69) is 40.6 Å². The van der Waals surface area contributed by atoms with Gasteiger partial charge in [0, 0.05) is 37.8 Å². The summed E-state index contributed by atoms with van der Waals surface area (Å²) < 4.78 is 0. The number of nitrogens with zero attached hydrogens (tertiary/aromatic N) is 2. The molecule has 3 heteroatoms. The number of carbonyl (C=O) groups is 1. The van der Waals surface area contributed by atoms with Crippen LogP contribution in [0.4, 0.5) is 5.69 Å². The number of carbonyl (C=O) groups excluding carboxylic acids is 1. The molecule has 1 aromatic rings. The summed E-state index contributed by atoms with van der Waals surface area (Å²) in [6.07, 6.45) is 4.05. The Bertz CT molecular complexity index is 494. The molecule has 0 atom stereocenters. The van der Waals surface area contributed by atoms with Crippen molar-refractivity contribution in [1.82, 2.24) is 4.90 Å². The minimum atomic E-state index is 0.235. The molecule has 0 unspecified atom stereocenters. The van der Waals surface area contributed by atoms with Gasteiger partial charge in [0.05, 0.1) is 0 Å². The van der Waals surface area contributed by atoms with Crippen molar-refractivity contribution in [3.05, 3.63) is 42.5 Å². The molecule has 3 rings (SSSR count). The summed E-state index contributed by atoms with van der Waals surface area (Å²) in [5, 5.41) is 0. The highest BCUT2D eigenvalue weighted by Crippen LogP contribution is 2.29. The van der Waals surface area contributed by atoms with E-state index in [9.17, 15) is 4.79 Å². The lowest BCUT2D eigenvalue weighted by Crippen LogP contribution is -2.50. The van der Waals surface area contributed by atoms with Gasteiger partial charge in [-0.1, -0.05) is 71.9 Å². The summed E-state index contributed by atoms with van der Waals surface area (Å²) >= 11 is 0. The number of amides is 1. The lowest BCUT2D eigenvalue weighted by Gasteiger charge is -2.38. The second-order valence-corrected chi connectivity index (χ2v) is 6.17. The van der Waals surface area contributed by atoms with Gasteiger partial charge in [0.15, 0.2) is 0 Å². The van der Waals surface area contributed by atoms with Gasteiger partial charge in [0.25, 0.3) is 0 Å². The molecule has 0 spiro atoms. The van der Waals surface area contributed by atoms with Crippen LogP contribution in [-0.4, -0.2) is 37.0 Å². The minimum absolute atomic E-state index is 0.235. The third kappa shape index (κ3) is 8.19. The summed E-state index contributed by atoms with van der Waals surface area (Å²) in [5.74, 6) is 0.606. The van der Waals surface area contributed by atoms with Crippen LogP contribution in [0.3, 0.4) is 0 Å². The number of piperazine rings is 1. The summed E-state index contributed by atoms with van der Waals surface area (Å²) in [6, 6.07) is 10.5. The molecule has 3 nitrogen and oxygen atoms in total. The molecule has 1 amide bonds. The number of hydrogen-bond acceptors (Lipinski definition) is 2. The molecule has 0 N–H and O–H groups in total. The fraction of sp³-hybridized carbons (Fsp3) is 0.625. The zero-order valence-electron chi connectivity index (χ0n) is 18.6. The smallest absolute Gasteiger partial charge is 0.225 e. The second kappa shape index (κ2) is 15.3. The normalized spacial score (nSPS) is 16.7. The van der Waals surface area contributed by atoms with Gasteiger partial charge < -0.3 is 9.80 Å². The standard InChI is InChI=1S/C18H24N2O.3C2H6/c1-15-7-9-16(10-8-15)18(21)20-13-11-19(12-14-20)17-5-3-2-4-6-17;3*1-2/h2-6,16H,1,7-14H2;3*1-2H3. The maximum absolute atomic E-state index is 12.6. The number of para-hydroxylation sites is 1. The molecule has 1 aliphatic heterocycles. The van der Waals surface area contributed by atoms with Crippen LogP contribution in [0.15, 0.2) is 42.5 Å². The number of benzene rings is 1. The predicted octanol–water partition coefficient (Wildman–Crippen LogP) is 6.16. The molecule has 1 aromatic carbocycles. The topological polar surface area (TPSA) is 23.6 Å². The molecule has 0 radical (unpaired) electrons. The highest BCUT2D eigenvalue weighted by atomic mass is 16.2. The lowest BCUT2D eigenvalue weighted by molar-refractivity contribution is -0.136. The third-order valence-corrected chi connectivity index (χ3v) is 4.75. The Balaban J connectivity index is 0.00000103. The van der Waals surface area contributed by atoms with Crippen molar-refractivity contribution in [2.45, 2.75) is 67.2 Å². The van der Waals surface area contributed by atoms with Gasteiger partial charge in [-0.3, -0.25) is 4.79 Å². The van der Waals surface area contributed by atoms with Gasteiger partial charge in [-0.2, -0.15) is 0 Å². The number of anilines is 1. The SMILES string of the molecule is C=C1CCC(C(=O)N2CCN(c3ccccc3)CC2)CC1.CC.CC.CC. The largest absolute Gasteiger partial charge is 0.368 e. The fourth-order valence-electron chi connectivity index (χ4n) is 3.36. The monoisotopic (exact) mass is 374 g/mol. The molecule has 0 bridgehead atoms. The van der Waals surface area contributed by atoms with Gasteiger partial charge in [0.1, 0.15) is 0 Å². The Morgan fingerprint density at radius 3 is 1.81 bits per heavy atom. The van der Waals surface area contributed by atoms with Crippen LogP contribution in [0.5, 0.6) is 0 Å². The summed E-state index contributed by atoms with van der Waals surface area (Å²) in [5.41, 5.74) is 2.58. The molecule has 27 heavy (non-hydrogen) atoms. The first-order valence-corrected chi connectivity index (χ1v) is 11.0. The zero-order chi connectivity index (χ0) is 20.7. The van der Waals surface area contributed by atoms with Crippen molar-refractivity contribution < 1.29 is 4.79 Å². The fourth-order valence-corrected chi connectivity index (χ4v) is 3.36. The van der Waals surface area contributed by atoms with Gasteiger partial charge in [-0.05, 0) is 37.8 Å². The molecule has 1 saturated carbocycles. The van der Waals surface area contributed by atoms with Gasteiger partial charge >= 0.3 is 0 Å². The third-order valence-electron chi connectivity index (χ3n) is 4.75. The summed E-state index contributed by atoms with van der Waals surface area (Å²) in [7, 11) is 0. The minimum Gasteiger partial charge on any atom is -0.368 e. The molecular weight excluding hydrogens is 332 g/mol. The highest BCUT2D eigenvalue weighted by molar-refractivity contribution is 5.79. The molecule has 1 heterocycles. The predicted molar refractivity (Wildman–Crippen MR) is 120 cm³/mol. The molecule has 1 aliphatic carbocycles. The first-order chi connectivity index (χ1) is 13.2. The Morgan fingerprint density at radius 2 is 1.33 bits per heavy atom. The Hall–Kier alpha value is -1.77. The van der Waals surface area contributed by atoms with E-state index in [4.69, 9.17) is 0 Å². The van der Waals surface area contributed by atoms with E-state index in [0.29, 0.717) is 5.91 Å². The molecule has 2 aliphatic rings. The van der Waals surface area contributed by atoms with Crippen molar-refractivity contribution in [3.8, 4) is 0 Å². The van der Waals surface area contributed by atoms with Crippen molar-refractivity contribution in [3.63, 3.8) is 0 Å². The quantitative estimate of drug-likeness (QED) is 0.579. The molecule has 0 aromatic heterocycles. The van der Waals surface area contributed by atoms with E-state index in [1.165, 1.54) is 11.3 Å². The van der Waals surface area contributed by atoms with E-state index in [1.54, 1.807) is 0 Å². The van der Waals surface area contributed by atoms with Crippen molar-refractivity contribution in [2.24, 2.45) is 5.92 Å². The Morgan fingerprint density at radius 1 is 0.852 bits per heavy atom.